The number of rotatable bonds is 2. The second-order valence-electron chi connectivity index (χ2n) is 4.39. The van der Waals surface area contributed by atoms with Gasteiger partial charge in [-0.3, -0.25) is 0 Å². The summed E-state index contributed by atoms with van der Waals surface area (Å²) in [4.78, 5) is 1.43. The summed E-state index contributed by atoms with van der Waals surface area (Å²) in [6, 6.07) is 15.0. The smallest absolute Gasteiger partial charge is 0.845 e. The van der Waals surface area contributed by atoms with Crippen molar-refractivity contribution in [2.75, 3.05) is 4.90 Å². The molecule has 5 nitrogen and oxygen atoms in total. The van der Waals surface area contributed by atoms with Crippen molar-refractivity contribution in [2.45, 2.75) is 11.4 Å². The molecule has 2 aromatic rings. The molecule has 0 saturated carbocycles. The van der Waals surface area contributed by atoms with E-state index >= 15 is 0 Å². The average Bonchev–Trinajstić information content (AvgIpc) is 2.44. The summed E-state index contributed by atoms with van der Waals surface area (Å²) in [5.41, 5.74) is 1.28. The third-order valence-corrected chi connectivity index (χ3v) is 4.34. The molecule has 1 aliphatic heterocycles. The Morgan fingerprint density at radius 3 is 2.33 bits per heavy atom. The maximum Gasteiger partial charge on any atom is 1.00 e. The van der Waals surface area contributed by atoms with Crippen LogP contribution < -0.4 is 39.6 Å². The molecule has 21 heavy (non-hydrogen) atoms. The Morgan fingerprint density at radius 2 is 1.62 bits per heavy atom. The molecule has 7 heteroatoms. The number of fused-ring (bicyclic) bond motifs is 1. The molecule has 0 aliphatic carbocycles. The molecule has 1 aliphatic rings. The van der Waals surface area contributed by atoms with Gasteiger partial charge in [0.15, 0.2) is 0 Å². The Labute approximate surface area is 145 Å². The van der Waals surface area contributed by atoms with Gasteiger partial charge >= 0.3 is 29.6 Å². The van der Waals surface area contributed by atoms with Crippen LogP contribution in [0.1, 0.15) is 5.56 Å². The summed E-state index contributed by atoms with van der Waals surface area (Å²) in [7, 11) is -3.88. The Balaban J connectivity index is 0.00000161. The zero-order chi connectivity index (χ0) is 14.2. The minimum atomic E-state index is -3.88. The van der Waals surface area contributed by atoms with Crippen LogP contribution in [0, 0.1) is 0 Å². The molecule has 0 saturated heterocycles. The summed E-state index contributed by atoms with van der Waals surface area (Å²) in [6.45, 7) is 0.287. The largest absolute Gasteiger partial charge is 1.00 e. The quantitative estimate of drug-likeness (QED) is 0.609. The van der Waals surface area contributed by atoms with Crippen molar-refractivity contribution in [1.82, 2.24) is 0 Å². The van der Waals surface area contributed by atoms with Gasteiger partial charge in [0, 0.05) is 6.54 Å². The van der Waals surface area contributed by atoms with Crippen LogP contribution in [0.5, 0.6) is 0 Å². The van der Waals surface area contributed by atoms with E-state index in [2.05, 4.69) is 4.40 Å². The van der Waals surface area contributed by atoms with Crippen LogP contribution in [-0.2, 0) is 16.6 Å². The molecule has 0 aromatic heterocycles. The number of hydrogen-bond acceptors (Lipinski definition) is 4. The van der Waals surface area contributed by atoms with Gasteiger partial charge in [-0.2, -0.15) is 12.8 Å². The monoisotopic (exact) mass is 310 g/mol. The van der Waals surface area contributed by atoms with Gasteiger partial charge in [0.2, 0.25) is 0 Å². The molecule has 0 bridgehead atoms. The molecule has 0 amide bonds. The standard InChI is InChI=1S/C14H12N2O3S.Na/c17-14-15-20(18,19)13-9-5-4-8-12(13)16(14)10-11-6-2-1-3-7-11;/h1-9H,10H2,(H,15,17);/q;+1/p-1. The van der Waals surface area contributed by atoms with E-state index in [1.165, 1.54) is 11.0 Å². The molecule has 3 rings (SSSR count). The average molecular weight is 310 g/mol. The molecule has 0 fully saturated rings. The van der Waals surface area contributed by atoms with Gasteiger partial charge in [-0.25, -0.2) is 0 Å². The van der Waals surface area contributed by atoms with Crippen molar-refractivity contribution in [2.24, 2.45) is 4.40 Å². The minimum absolute atomic E-state index is 0. The summed E-state index contributed by atoms with van der Waals surface area (Å²) < 4.78 is 27.0. The topological polar surface area (TPSA) is 72.8 Å². The number of amidine groups is 1. The third kappa shape index (κ3) is 3.13. The van der Waals surface area contributed by atoms with Crippen LogP contribution >= 0.6 is 0 Å². The first-order chi connectivity index (χ1) is 9.58. The summed E-state index contributed by atoms with van der Waals surface area (Å²) in [5, 5.41) is 12.0. The van der Waals surface area contributed by atoms with Gasteiger partial charge in [-0.05, 0) is 17.7 Å². The maximum atomic E-state index is 12.0. The second kappa shape index (κ2) is 6.19. The van der Waals surface area contributed by atoms with E-state index < -0.39 is 16.0 Å². The molecule has 1 heterocycles. The van der Waals surface area contributed by atoms with Crippen molar-refractivity contribution in [3.8, 4) is 0 Å². The number of benzene rings is 2. The summed E-state index contributed by atoms with van der Waals surface area (Å²) in [5.74, 6) is 0. The molecule has 0 unspecified atom stereocenters. The van der Waals surface area contributed by atoms with E-state index in [4.69, 9.17) is 0 Å². The third-order valence-electron chi connectivity index (χ3n) is 3.05. The van der Waals surface area contributed by atoms with Crippen molar-refractivity contribution >= 4 is 21.7 Å². The Morgan fingerprint density at radius 1 is 1.00 bits per heavy atom. The first-order valence-electron chi connectivity index (χ1n) is 6.00. The molecule has 0 N–H and O–H groups in total. The van der Waals surface area contributed by atoms with E-state index in [-0.39, 0.29) is 41.0 Å². The molecular weight excluding hydrogens is 299 g/mol. The SMILES string of the molecule is O=S1(=O)N=C([O-])N(Cc2ccccc2)c2ccccc21.[Na+]. The fourth-order valence-electron chi connectivity index (χ4n) is 2.12. The van der Waals surface area contributed by atoms with Crippen LogP contribution in [0.3, 0.4) is 0 Å². The Hall–Kier alpha value is -1.34. The number of sulfonamides is 1. The van der Waals surface area contributed by atoms with E-state index in [1.807, 2.05) is 30.3 Å². The zero-order valence-electron chi connectivity index (χ0n) is 11.4. The van der Waals surface area contributed by atoms with Crippen molar-refractivity contribution in [3.63, 3.8) is 0 Å². The van der Waals surface area contributed by atoms with Gasteiger partial charge in [0.25, 0.3) is 10.0 Å². The Kier molecular flexibility index (Phi) is 4.73. The fraction of sp³-hybridized carbons (Fsp3) is 0.0714. The van der Waals surface area contributed by atoms with Gasteiger partial charge in [-0.15, -0.1) is 0 Å². The summed E-state index contributed by atoms with van der Waals surface area (Å²) in [6.07, 6.45) is 0. The van der Waals surface area contributed by atoms with E-state index in [9.17, 15) is 13.5 Å². The van der Waals surface area contributed by atoms with Crippen LogP contribution in [0.4, 0.5) is 5.69 Å². The summed E-state index contributed by atoms with van der Waals surface area (Å²) >= 11 is 0. The molecular formula is C14H11N2NaO3S. The van der Waals surface area contributed by atoms with Crippen LogP contribution in [0.25, 0.3) is 0 Å². The maximum absolute atomic E-state index is 12.0. The molecule has 0 radical (unpaired) electrons. The minimum Gasteiger partial charge on any atom is -0.845 e. The normalized spacial score (nSPS) is 15.6. The number of para-hydroxylation sites is 1. The first-order valence-corrected chi connectivity index (χ1v) is 7.44. The van der Waals surface area contributed by atoms with Gasteiger partial charge in [-0.1, -0.05) is 42.5 Å². The van der Waals surface area contributed by atoms with E-state index in [0.29, 0.717) is 5.69 Å². The van der Waals surface area contributed by atoms with E-state index in [0.717, 1.165) is 5.56 Å². The number of nitrogens with zero attached hydrogens (tertiary/aromatic N) is 2. The Bertz CT molecular complexity index is 776. The van der Waals surface area contributed by atoms with Gasteiger partial charge < -0.3 is 10.0 Å². The van der Waals surface area contributed by atoms with Gasteiger partial charge in [0.05, 0.1) is 11.7 Å². The van der Waals surface area contributed by atoms with Crippen LogP contribution in [0.2, 0.25) is 0 Å². The van der Waals surface area contributed by atoms with Crippen molar-refractivity contribution < 1.29 is 43.1 Å². The zero-order valence-corrected chi connectivity index (χ0v) is 14.2. The first kappa shape index (κ1) is 16.0. The second-order valence-corrected chi connectivity index (χ2v) is 5.96. The predicted molar refractivity (Wildman–Crippen MR) is 73.7 cm³/mol. The van der Waals surface area contributed by atoms with Crippen LogP contribution in [-0.4, -0.2) is 14.4 Å². The van der Waals surface area contributed by atoms with Crippen LogP contribution in [0.15, 0.2) is 63.9 Å². The molecule has 0 spiro atoms. The van der Waals surface area contributed by atoms with Gasteiger partial charge in [0.1, 0.15) is 4.90 Å². The predicted octanol–water partition coefficient (Wildman–Crippen LogP) is -1.88. The molecule has 102 valence electrons. The van der Waals surface area contributed by atoms with Crippen molar-refractivity contribution in [1.29, 1.82) is 0 Å². The molecule has 2 aromatic carbocycles. The van der Waals surface area contributed by atoms with Crippen molar-refractivity contribution in [3.05, 3.63) is 60.2 Å². The van der Waals surface area contributed by atoms with E-state index in [1.54, 1.807) is 18.2 Å². The fourth-order valence-corrected chi connectivity index (χ4v) is 3.22. The number of anilines is 1. The molecule has 0 atom stereocenters. The number of hydrogen-bond donors (Lipinski definition) is 0.